The largest absolute Gasteiger partial charge is 0.573 e. The molecule has 0 bridgehead atoms. The molecule has 0 amide bonds. The van der Waals surface area contributed by atoms with Gasteiger partial charge in [-0.1, -0.05) is 24.3 Å². The van der Waals surface area contributed by atoms with Crippen molar-refractivity contribution < 1.29 is 27.1 Å². The highest BCUT2D eigenvalue weighted by Gasteiger charge is 2.32. The van der Waals surface area contributed by atoms with Crippen molar-refractivity contribution >= 4 is 5.78 Å². The summed E-state index contributed by atoms with van der Waals surface area (Å²) >= 11 is 0. The van der Waals surface area contributed by atoms with Gasteiger partial charge in [0.15, 0.2) is 5.78 Å². The van der Waals surface area contributed by atoms with E-state index in [0.717, 1.165) is 18.2 Å². The number of hydrogen-bond acceptors (Lipinski definition) is 2. The van der Waals surface area contributed by atoms with E-state index >= 15 is 0 Å². The molecule has 0 heterocycles. The van der Waals surface area contributed by atoms with E-state index in [4.69, 9.17) is 0 Å². The fraction of sp³-hybridized carbons (Fsp3) is 0.133. The Bertz CT molecular complexity index is 678. The van der Waals surface area contributed by atoms with Crippen molar-refractivity contribution in [2.45, 2.75) is 13.3 Å². The summed E-state index contributed by atoms with van der Waals surface area (Å²) in [4.78, 5) is 11.3. The predicted octanol–water partition coefficient (Wildman–Crippen LogP) is 4.59. The van der Waals surface area contributed by atoms with Crippen LogP contribution in [0.4, 0.5) is 17.6 Å². The summed E-state index contributed by atoms with van der Waals surface area (Å²) in [5.41, 5.74) is 0.0756. The Labute approximate surface area is 118 Å². The fourth-order valence-electron chi connectivity index (χ4n) is 1.89. The minimum absolute atomic E-state index is 0.139. The molecule has 2 nitrogen and oxygen atoms in total. The maximum Gasteiger partial charge on any atom is 0.573 e. The van der Waals surface area contributed by atoms with E-state index in [1.807, 2.05) is 0 Å². The minimum Gasteiger partial charge on any atom is -0.405 e. The molecule has 0 radical (unpaired) electrons. The maximum absolute atomic E-state index is 13.9. The molecule has 0 atom stereocenters. The Morgan fingerprint density at radius 2 is 1.76 bits per heavy atom. The summed E-state index contributed by atoms with van der Waals surface area (Å²) in [7, 11) is 0. The van der Waals surface area contributed by atoms with Crippen LogP contribution in [0.2, 0.25) is 0 Å². The lowest BCUT2D eigenvalue weighted by Crippen LogP contribution is -2.17. The Morgan fingerprint density at radius 3 is 2.38 bits per heavy atom. The van der Waals surface area contributed by atoms with Crippen LogP contribution in [0.25, 0.3) is 11.1 Å². The Balaban J connectivity index is 2.57. The van der Waals surface area contributed by atoms with Gasteiger partial charge in [0.1, 0.15) is 11.6 Å². The van der Waals surface area contributed by atoms with Gasteiger partial charge in [-0.05, 0) is 30.7 Å². The molecule has 0 N–H and O–H groups in total. The molecule has 0 aromatic heterocycles. The summed E-state index contributed by atoms with van der Waals surface area (Å²) in [6.07, 6.45) is -4.93. The number of carbonyl (C=O) groups is 1. The summed E-state index contributed by atoms with van der Waals surface area (Å²) in [5, 5.41) is 0. The molecule has 0 saturated heterocycles. The van der Waals surface area contributed by atoms with Gasteiger partial charge in [0, 0.05) is 5.56 Å². The van der Waals surface area contributed by atoms with Gasteiger partial charge in [-0.15, -0.1) is 13.2 Å². The van der Waals surface area contributed by atoms with Crippen molar-refractivity contribution in [3.05, 3.63) is 53.8 Å². The molecule has 110 valence electrons. The second kappa shape index (κ2) is 5.55. The van der Waals surface area contributed by atoms with Crippen molar-refractivity contribution in [2.24, 2.45) is 0 Å². The standard InChI is InChI=1S/C15H10F4O2/c1-9(20)10-4-2-5-11(8-10)14-12(16)6-3-7-13(14)21-15(17,18)19/h2-8H,1H3. The zero-order valence-electron chi connectivity index (χ0n) is 10.9. The number of Topliss-reactive ketones (excluding diaryl/α,β-unsaturated/α-hetero) is 1. The molecule has 2 aromatic carbocycles. The molecule has 0 unspecified atom stereocenters. The molecule has 0 saturated carbocycles. The molecular weight excluding hydrogens is 288 g/mol. The molecule has 6 heteroatoms. The van der Waals surface area contributed by atoms with Crippen LogP contribution >= 0.6 is 0 Å². The summed E-state index contributed by atoms with van der Waals surface area (Å²) in [6, 6.07) is 8.87. The predicted molar refractivity (Wildman–Crippen MR) is 68.5 cm³/mol. The number of carbonyl (C=O) groups excluding carboxylic acids is 1. The molecule has 0 aliphatic rings. The fourth-order valence-corrected chi connectivity index (χ4v) is 1.89. The van der Waals surface area contributed by atoms with Crippen molar-refractivity contribution in [3.63, 3.8) is 0 Å². The minimum atomic E-state index is -4.93. The van der Waals surface area contributed by atoms with Crippen molar-refractivity contribution in [1.82, 2.24) is 0 Å². The summed E-state index contributed by atoms with van der Waals surface area (Å²) in [5.74, 6) is -1.79. The number of ether oxygens (including phenoxy) is 1. The van der Waals surface area contributed by atoms with Crippen LogP contribution in [0, 0.1) is 5.82 Å². The first kappa shape index (κ1) is 15.0. The topological polar surface area (TPSA) is 26.3 Å². The lowest BCUT2D eigenvalue weighted by Gasteiger charge is -2.14. The molecule has 0 fully saturated rings. The molecule has 2 aromatic rings. The highest BCUT2D eigenvalue weighted by Crippen LogP contribution is 2.36. The zero-order valence-corrected chi connectivity index (χ0v) is 10.9. The lowest BCUT2D eigenvalue weighted by atomic mass is 10.0. The number of rotatable bonds is 3. The van der Waals surface area contributed by atoms with Gasteiger partial charge in [-0.2, -0.15) is 0 Å². The van der Waals surface area contributed by atoms with Crippen LogP contribution in [0.3, 0.4) is 0 Å². The highest BCUT2D eigenvalue weighted by molar-refractivity contribution is 5.95. The van der Waals surface area contributed by atoms with E-state index in [1.54, 1.807) is 0 Å². The van der Waals surface area contributed by atoms with Gasteiger partial charge in [-0.25, -0.2) is 4.39 Å². The number of alkyl halides is 3. The Morgan fingerprint density at radius 1 is 1.10 bits per heavy atom. The number of hydrogen-bond donors (Lipinski definition) is 0. The van der Waals surface area contributed by atoms with Crippen LogP contribution in [0.15, 0.2) is 42.5 Å². The second-order valence-electron chi connectivity index (χ2n) is 4.30. The van der Waals surface area contributed by atoms with E-state index in [9.17, 15) is 22.4 Å². The first-order valence-electron chi connectivity index (χ1n) is 5.93. The molecule has 0 aliphatic carbocycles. The maximum atomic E-state index is 13.9. The average Bonchev–Trinajstić information content (AvgIpc) is 2.37. The van der Waals surface area contributed by atoms with E-state index in [2.05, 4.69) is 4.74 Å². The van der Waals surface area contributed by atoms with Crippen molar-refractivity contribution in [3.8, 4) is 16.9 Å². The number of benzene rings is 2. The highest BCUT2D eigenvalue weighted by atomic mass is 19.4. The first-order valence-corrected chi connectivity index (χ1v) is 5.93. The van der Waals surface area contributed by atoms with Gasteiger partial charge in [0.05, 0.1) is 5.56 Å². The van der Waals surface area contributed by atoms with Crippen molar-refractivity contribution in [1.29, 1.82) is 0 Å². The summed E-state index contributed by atoms with van der Waals surface area (Å²) < 4.78 is 54.9. The van der Waals surface area contributed by atoms with Crippen LogP contribution in [-0.2, 0) is 0 Å². The quantitative estimate of drug-likeness (QED) is 0.612. The molecule has 0 aliphatic heterocycles. The van der Waals surface area contributed by atoms with E-state index in [-0.39, 0.29) is 22.5 Å². The summed E-state index contributed by atoms with van der Waals surface area (Å²) in [6.45, 7) is 1.31. The molecule has 0 spiro atoms. The van der Waals surface area contributed by atoms with E-state index < -0.39 is 17.9 Å². The third-order valence-corrected chi connectivity index (χ3v) is 2.76. The lowest BCUT2D eigenvalue weighted by molar-refractivity contribution is -0.274. The normalized spacial score (nSPS) is 11.3. The smallest absolute Gasteiger partial charge is 0.405 e. The number of halogens is 4. The molecule has 2 rings (SSSR count). The molecular formula is C15H10F4O2. The SMILES string of the molecule is CC(=O)c1cccc(-c2c(F)cccc2OC(F)(F)F)c1. The van der Waals surface area contributed by atoms with Gasteiger partial charge < -0.3 is 4.74 Å². The van der Waals surface area contributed by atoms with Gasteiger partial charge >= 0.3 is 6.36 Å². The van der Waals surface area contributed by atoms with Crippen LogP contribution in [-0.4, -0.2) is 12.1 Å². The van der Waals surface area contributed by atoms with E-state index in [1.165, 1.54) is 31.2 Å². The third-order valence-electron chi connectivity index (χ3n) is 2.76. The number of ketones is 1. The Kier molecular flexibility index (Phi) is 3.97. The van der Waals surface area contributed by atoms with Crippen LogP contribution < -0.4 is 4.74 Å². The monoisotopic (exact) mass is 298 g/mol. The van der Waals surface area contributed by atoms with E-state index in [0.29, 0.717) is 0 Å². The van der Waals surface area contributed by atoms with Gasteiger partial charge in [0.2, 0.25) is 0 Å². The van der Waals surface area contributed by atoms with Crippen LogP contribution in [0.1, 0.15) is 17.3 Å². The zero-order chi connectivity index (χ0) is 15.6. The molecule has 21 heavy (non-hydrogen) atoms. The third kappa shape index (κ3) is 3.59. The average molecular weight is 298 g/mol. The van der Waals surface area contributed by atoms with Gasteiger partial charge in [-0.3, -0.25) is 4.79 Å². The van der Waals surface area contributed by atoms with Gasteiger partial charge in [0.25, 0.3) is 0 Å². The first-order chi connectivity index (χ1) is 9.78. The van der Waals surface area contributed by atoms with Crippen molar-refractivity contribution in [2.75, 3.05) is 0 Å². The Hall–Kier alpha value is -2.37. The van der Waals surface area contributed by atoms with Crippen LogP contribution in [0.5, 0.6) is 5.75 Å². The second-order valence-corrected chi connectivity index (χ2v) is 4.30.